The lowest BCUT2D eigenvalue weighted by Gasteiger charge is -2.37. The molecule has 2 saturated heterocycles. The molecular formula is C24H27N5O5. The Morgan fingerprint density at radius 1 is 1.09 bits per heavy atom. The summed E-state index contributed by atoms with van der Waals surface area (Å²) >= 11 is 0. The molecule has 10 nitrogen and oxygen atoms in total. The first kappa shape index (κ1) is 23.5. The van der Waals surface area contributed by atoms with Crippen LogP contribution in [0.15, 0.2) is 42.5 Å². The summed E-state index contributed by atoms with van der Waals surface area (Å²) in [6.45, 7) is 4.12. The highest BCUT2D eigenvalue weighted by Gasteiger charge is 2.29. The molecule has 2 fully saturated rings. The lowest BCUT2D eigenvalue weighted by Crippen LogP contribution is -2.49. The van der Waals surface area contributed by atoms with Crippen molar-refractivity contribution in [2.75, 3.05) is 64.5 Å². The second-order valence-electron chi connectivity index (χ2n) is 8.19. The van der Waals surface area contributed by atoms with Crippen LogP contribution in [0.3, 0.4) is 0 Å². The standard InChI is InChI=1S/C24H27N5O5/c1-33-20-5-2-18(3-6-20)23(17-25)26-8-10-28(11-9-26)24(30)19-4-7-21(22(16-19)29(31)32)27-12-14-34-15-13-27/h2-7,16,23H,8-15H2,1H3/t23-/m1/s1. The number of nitrogens with zero attached hydrogens (tertiary/aromatic N) is 5. The number of hydrogen-bond acceptors (Lipinski definition) is 8. The number of amides is 1. The minimum absolute atomic E-state index is 0.0737. The van der Waals surface area contributed by atoms with Crippen LogP contribution in [0.4, 0.5) is 11.4 Å². The number of ether oxygens (including phenoxy) is 2. The monoisotopic (exact) mass is 465 g/mol. The fourth-order valence-corrected chi connectivity index (χ4v) is 4.39. The van der Waals surface area contributed by atoms with Gasteiger partial charge in [0.2, 0.25) is 0 Å². The van der Waals surface area contributed by atoms with Crippen LogP contribution in [0.2, 0.25) is 0 Å². The third-order valence-corrected chi connectivity index (χ3v) is 6.29. The second-order valence-corrected chi connectivity index (χ2v) is 8.19. The van der Waals surface area contributed by atoms with E-state index in [0.717, 1.165) is 11.3 Å². The molecule has 2 aliphatic rings. The molecule has 0 spiro atoms. The van der Waals surface area contributed by atoms with Gasteiger partial charge in [-0.2, -0.15) is 5.26 Å². The zero-order valence-electron chi connectivity index (χ0n) is 19.1. The Labute approximate surface area is 198 Å². The summed E-state index contributed by atoms with van der Waals surface area (Å²) in [7, 11) is 1.60. The molecule has 0 aromatic heterocycles. The number of hydrogen-bond donors (Lipinski definition) is 0. The van der Waals surface area contributed by atoms with E-state index in [-0.39, 0.29) is 11.6 Å². The smallest absolute Gasteiger partial charge is 0.293 e. The van der Waals surface area contributed by atoms with Gasteiger partial charge in [0, 0.05) is 50.9 Å². The molecule has 0 aliphatic carbocycles. The molecular weight excluding hydrogens is 438 g/mol. The molecule has 0 N–H and O–H groups in total. The van der Waals surface area contributed by atoms with Gasteiger partial charge in [-0.15, -0.1) is 0 Å². The largest absolute Gasteiger partial charge is 0.497 e. The van der Waals surface area contributed by atoms with Crippen LogP contribution in [0, 0.1) is 21.4 Å². The fourth-order valence-electron chi connectivity index (χ4n) is 4.39. The number of nitro groups is 1. The number of benzene rings is 2. The summed E-state index contributed by atoms with van der Waals surface area (Å²) in [5.41, 5.74) is 1.60. The normalized spacial score (nSPS) is 17.6. The number of carbonyl (C=O) groups is 1. The third kappa shape index (κ3) is 4.95. The quantitative estimate of drug-likeness (QED) is 0.472. The van der Waals surface area contributed by atoms with Gasteiger partial charge in [0.1, 0.15) is 17.5 Å². The highest BCUT2D eigenvalue weighted by molar-refractivity contribution is 5.96. The molecule has 1 atom stereocenters. The van der Waals surface area contributed by atoms with Crippen molar-refractivity contribution in [3.05, 3.63) is 63.7 Å². The Balaban J connectivity index is 1.44. The molecule has 0 unspecified atom stereocenters. The summed E-state index contributed by atoms with van der Waals surface area (Å²) in [6, 6.07) is 14.0. The van der Waals surface area contributed by atoms with Crippen molar-refractivity contribution in [3.63, 3.8) is 0 Å². The Morgan fingerprint density at radius 3 is 2.35 bits per heavy atom. The van der Waals surface area contributed by atoms with Crippen LogP contribution < -0.4 is 9.64 Å². The summed E-state index contributed by atoms with van der Waals surface area (Å²) in [4.78, 5) is 30.0. The van der Waals surface area contributed by atoms with Crippen molar-refractivity contribution in [2.24, 2.45) is 0 Å². The second kappa shape index (κ2) is 10.5. The minimum atomic E-state index is -0.439. The van der Waals surface area contributed by atoms with Crippen LogP contribution >= 0.6 is 0 Å². The number of carbonyl (C=O) groups excluding carboxylic acids is 1. The van der Waals surface area contributed by atoms with E-state index in [1.54, 1.807) is 24.1 Å². The zero-order valence-corrected chi connectivity index (χ0v) is 19.1. The highest BCUT2D eigenvalue weighted by atomic mass is 16.6. The Hall–Kier alpha value is -3.68. The van der Waals surface area contributed by atoms with Crippen molar-refractivity contribution in [3.8, 4) is 11.8 Å². The SMILES string of the molecule is COc1ccc([C@@H](C#N)N2CCN(C(=O)c3ccc(N4CCOCC4)c([N+](=O)[O-])c3)CC2)cc1. The van der Waals surface area contributed by atoms with Crippen LogP contribution in [0.5, 0.6) is 5.75 Å². The average Bonchev–Trinajstić information content (AvgIpc) is 2.89. The number of rotatable bonds is 6. The van der Waals surface area contributed by atoms with Gasteiger partial charge in [-0.25, -0.2) is 0 Å². The lowest BCUT2D eigenvalue weighted by molar-refractivity contribution is -0.384. The first-order chi connectivity index (χ1) is 16.5. The fraction of sp³-hybridized carbons (Fsp3) is 0.417. The van der Waals surface area contributed by atoms with E-state index in [0.29, 0.717) is 63.7 Å². The molecule has 2 aromatic carbocycles. The van der Waals surface area contributed by atoms with Gasteiger partial charge in [-0.1, -0.05) is 12.1 Å². The van der Waals surface area contributed by atoms with Crippen molar-refractivity contribution in [1.29, 1.82) is 5.26 Å². The maximum atomic E-state index is 13.1. The Bertz CT molecular complexity index is 1070. The van der Waals surface area contributed by atoms with E-state index >= 15 is 0 Å². The Kier molecular flexibility index (Phi) is 7.25. The van der Waals surface area contributed by atoms with E-state index in [9.17, 15) is 20.2 Å². The van der Waals surface area contributed by atoms with Gasteiger partial charge in [-0.3, -0.25) is 19.8 Å². The molecule has 1 amide bonds. The third-order valence-electron chi connectivity index (χ3n) is 6.29. The molecule has 2 heterocycles. The summed E-state index contributed by atoms with van der Waals surface area (Å²) in [5, 5.41) is 21.5. The van der Waals surface area contributed by atoms with E-state index in [4.69, 9.17) is 9.47 Å². The van der Waals surface area contributed by atoms with Crippen molar-refractivity contribution >= 4 is 17.3 Å². The van der Waals surface area contributed by atoms with Crippen LogP contribution in [0.25, 0.3) is 0 Å². The van der Waals surface area contributed by atoms with Crippen LogP contribution in [-0.2, 0) is 4.74 Å². The van der Waals surface area contributed by atoms with E-state index < -0.39 is 11.0 Å². The van der Waals surface area contributed by atoms with Gasteiger partial charge in [0.25, 0.3) is 11.6 Å². The van der Waals surface area contributed by atoms with Gasteiger partial charge in [0.05, 0.1) is 31.3 Å². The minimum Gasteiger partial charge on any atom is -0.497 e. The van der Waals surface area contributed by atoms with E-state index in [2.05, 4.69) is 6.07 Å². The maximum absolute atomic E-state index is 13.1. The number of nitriles is 1. The number of anilines is 1. The molecule has 2 aliphatic heterocycles. The van der Waals surface area contributed by atoms with Gasteiger partial charge in [-0.05, 0) is 29.8 Å². The molecule has 178 valence electrons. The van der Waals surface area contributed by atoms with E-state index in [1.807, 2.05) is 34.1 Å². The molecule has 34 heavy (non-hydrogen) atoms. The maximum Gasteiger partial charge on any atom is 0.293 e. The van der Waals surface area contributed by atoms with Gasteiger partial charge < -0.3 is 19.3 Å². The molecule has 10 heteroatoms. The molecule has 0 saturated carbocycles. The van der Waals surface area contributed by atoms with Crippen molar-refractivity contribution < 1.29 is 19.2 Å². The molecule has 4 rings (SSSR count). The molecule has 0 bridgehead atoms. The predicted octanol–water partition coefficient (Wildman–Crippen LogP) is 2.46. The number of nitro benzene ring substituents is 1. The number of morpholine rings is 1. The lowest BCUT2D eigenvalue weighted by atomic mass is 10.0. The Morgan fingerprint density at radius 2 is 1.76 bits per heavy atom. The number of piperazine rings is 1. The topological polar surface area (TPSA) is 112 Å². The van der Waals surface area contributed by atoms with Crippen molar-refractivity contribution in [2.45, 2.75) is 6.04 Å². The molecule has 0 radical (unpaired) electrons. The van der Waals surface area contributed by atoms with Gasteiger partial charge in [0.15, 0.2) is 0 Å². The van der Waals surface area contributed by atoms with Crippen molar-refractivity contribution in [1.82, 2.24) is 9.80 Å². The first-order valence-electron chi connectivity index (χ1n) is 11.2. The van der Waals surface area contributed by atoms with E-state index in [1.165, 1.54) is 6.07 Å². The first-order valence-corrected chi connectivity index (χ1v) is 11.2. The average molecular weight is 466 g/mol. The summed E-state index contributed by atoms with van der Waals surface area (Å²) in [5.74, 6) is 0.485. The zero-order chi connectivity index (χ0) is 24.1. The van der Waals surface area contributed by atoms with Crippen LogP contribution in [-0.4, -0.2) is 80.2 Å². The van der Waals surface area contributed by atoms with Gasteiger partial charge >= 0.3 is 0 Å². The summed E-state index contributed by atoms with van der Waals surface area (Å²) < 4.78 is 10.5. The van der Waals surface area contributed by atoms with Crippen LogP contribution in [0.1, 0.15) is 22.0 Å². The summed E-state index contributed by atoms with van der Waals surface area (Å²) in [6.07, 6.45) is 0. The highest BCUT2D eigenvalue weighted by Crippen LogP contribution is 2.31. The predicted molar refractivity (Wildman–Crippen MR) is 125 cm³/mol. The number of methoxy groups -OCH3 is 1. The molecule has 2 aromatic rings.